The van der Waals surface area contributed by atoms with Crippen LogP contribution in [0.3, 0.4) is 0 Å². The molecule has 1 N–H and O–H groups in total. The molecule has 0 saturated carbocycles. The third-order valence-electron chi connectivity index (χ3n) is 5.03. The maximum atomic E-state index is 12.3. The zero-order valence-electron chi connectivity index (χ0n) is 13.3. The molecule has 0 spiro atoms. The summed E-state index contributed by atoms with van der Waals surface area (Å²) in [6, 6.07) is 6.38. The highest BCUT2D eigenvalue weighted by Crippen LogP contribution is 2.40. The van der Waals surface area contributed by atoms with E-state index in [1.807, 2.05) is 7.05 Å². The van der Waals surface area contributed by atoms with Gasteiger partial charge in [0, 0.05) is 18.5 Å². The molecular formula is C17H21NO5. The van der Waals surface area contributed by atoms with Crippen LogP contribution in [0.5, 0.6) is 5.75 Å². The van der Waals surface area contributed by atoms with Crippen LogP contribution in [0.1, 0.15) is 29.6 Å². The molecule has 23 heavy (non-hydrogen) atoms. The number of hydrogen-bond donors (Lipinski definition) is 1. The van der Waals surface area contributed by atoms with Crippen molar-refractivity contribution in [2.24, 2.45) is 5.92 Å². The van der Waals surface area contributed by atoms with Crippen LogP contribution in [-0.4, -0.2) is 54.3 Å². The zero-order valence-corrected chi connectivity index (χ0v) is 13.3. The molecule has 2 bridgehead atoms. The van der Waals surface area contributed by atoms with Crippen molar-refractivity contribution >= 4 is 11.9 Å². The third-order valence-corrected chi connectivity index (χ3v) is 5.03. The number of piperidine rings is 1. The predicted molar refractivity (Wildman–Crippen MR) is 82.0 cm³/mol. The summed E-state index contributed by atoms with van der Waals surface area (Å²) in [5, 5.41) is 9.49. The number of benzene rings is 1. The zero-order chi connectivity index (χ0) is 16.6. The van der Waals surface area contributed by atoms with Crippen LogP contribution in [0.25, 0.3) is 0 Å². The van der Waals surface area contributed by atoms with Crippen LogP contribution < -0.4 is 0 Å². The van der Waals surface area contributed by atoms with E-state index >= 15 is 0 Å². The second-order valence-corrected chi connectivity index (χ2v) is 6.24. The fourth-order valence-corrected chi connectivity index (χ4v) is 3.83. The molecule has 0 radical (unpaired) electrons. The number of phenolic OH excluding ortho intramolecular Hbond substituents is 1. The highest BCUT2D eigenvalue weighted by atomic mass is 16.6. The van der Waals surface area contributed by atoms with Gasteiger partial charge in [-0.05, 0) is 38.1 Å². The van der Waals surface area contributed by atoms with E-state index in [1.165, 1.54) is 19.2 Å². The van der Waals surface area contributed by atoms with E-state index in [0.29, 0.717) is 12.5 Å². The number of methoxy groups -OCH3 is 1. The van der Waals surface area contributed by atoms with Gasteiger partial charge in [0.2, 0.25) is 0 Å². The first-order chi connectivity index (χ1) is 11.0. The largest absolute Gasteiger partial charge is 0.508 e. The molecule has 6 nitrogen and oxygen atoms in total. The Morgan fingerprint density at radius 1 is 1.30 bits per heavy atom. The Balaban J connectivity index is 1.80. The lowest BCUT2D eigenvalue weighted by atomic mass is 9.87. The topological polar surface area (TPSA) is 76.1 Å². The summed E-state index contributed by atoms with van der Waals surface area (Å²) in [6.45, 7) is 0. The van der Waals surface area contributed by atoms with Gasteiger partial charge in [-0.1, -0.05) is 6.07 Å². The smallest absolute Gasteiger partial charge is 0.338 e. The van der Waals surface area contributed by atoms with Crippen molar-refractivity contribution in [1.29, 1.82) is 0 Å². The standard InChI is InChI=1S/C17H21NO5/c1-18-11-6-7-13(18)15(17(21)22-2)14(9-11)23-16(20)10-4-3-5-12(19)8-10/h3-5,8,11,13-15,19H,6-7,9H2,1-2H3/t11-,13+,14-,15+/m0/s1. The molecule has 2 aliphatic rings. The van der Waals surface area contributed by atoms with Gasteiger partial charge in [-0.3, -0.25) is 9.69 Å². The molecule has 0 aliphatic carbocycles. The van der Waals surface area contributed by atoms with Crippen LogP contribution in [0.2, 0.25) is 0 Å². The lowest BCUT2D eigenvalue weighted by molar-refractivity contribution is -0.156. The number of nitrogens with zero attached hydrogens (tertiary/aromatic N) is 1. The molecule has 4 atom stereocenters. The van der Waals surface area contributed by atoms with Crippen molar-refractivity contribution in [3.8, 4) is 5.75 Å². The Morgan fingerprint density at radius 3 is 2.78 bits per heavy atom. The molecule has 2 heterocycles. The average Bonchev–Trinajstić information content (AvgIpc) is 2.78. The van der Waals surface area contributed by atoms with Crippen molar-refractivity contribution in [1.82, 2.24) is 4.90 Å². The van der Waals surface area contributed by atoms with Crippen molar-refractivity contribution in [2.75, 3.05) is 14.2 Å². The van der Waals surface area contributed by atoms with E-state index in [0.717, 1.165) is 12.8 Å². The summed E-state index contributed by atoms with van der Waals surface area (Å²) in [6.07, 6.45) is 2.03. The van der Waals surface area contributed by atoms with E-state index in [-0.39, 0.29) is 23.3 Å². The molecule has 2 aliphatic heterocycles. The summed E-state index contributed by atoms with van der Waals surface area (Å²) in [4.78, 5) is 26.7. The molecule has 3 rings (SSSR count). The van der Waals surface area contributed by atoms with E-state index in [2.05, 4.69) is 4.90 Å². The molecular weight excluding hydrogens is 298 g/mol. The van der Waals surface area contributed by atoms with Gasteiger partial charge in [-0.2, -0.15) is 0 Å². The Kier molecular flexibility index (Phi) is 4.26. The van der Waals surface area contributed by atoms with Gasteiger partial charge in [-0.25, -0.2) is 4.79 Å². The predicted octanol–water partition coefficient (Wildman–Crippen LogP) is 1.57. The molecule has 0 unspecified atom stereocenters. The normalized spacial score (nSPS) is 30.0. The second kappa shape index (κ2) is 6.20. The molecule has 0 amide bonds. The summed E-state index contributed by atoms with van der Waals surface area (Å²) < 4.78 is 10.5. The second-order valence-electron chi connectivity index (χ2n) is 6.24. The van der Waals surface area contributed by atoms with Crippen molar-refractivity contribution in [3.63, 3.8) is 0 Å². The lowest BCUT2D eigenvalue weighted by Crippen LogP contribution is -2.53. The highest BCUT2D eigenvalue weighted by Gasteiger charge is 2.50. The van der Waals surface area contributed by atoms with Crippen molar-refractivity contribution in [2.45, 2.75) is 37.5 Å². The molecule has 1 aromatic rings. The number of rotatable bonds is 3. The van der Waals surface area contributed by atoms with E-state index in [1.54, 1.807) is 12.1 Å². The third kappa shape index (κ3) is 2.91. The quantitative estimate of drug-likeness (QED) is 0.852. The summed E-state index contributed by atoms with van der Waals surface area (Å²) in [5.74, 6) is -1.32. The average molecular weight is 319 g/mol. The fraction of sp³-hybridized carbons (Fsp3) is 0.529. The minimum atomic E-state index is -0.524. The minimum absolute atomic E-state index is 0.00687. The van der Waals surface area contributed by atoms with Crippen LogP contribution in [0.15, 0.2) is 24.3 Å². The molecule has 2 saturated heterocycles. The lowest BCUT2D eigenvalue weighted by Gasteiger charge is -2.40. The summed E-state index contributed by atoms with van der Waals surface area (Å²) in [7, 11) is 3.36. The Labute approximate surface area is 135 Å². The van der Waals surface area contributed by atoms with Gasteiger partial charge in [-0.15, -0.1) is 0 Å². The van der Waals surface area contributed by atoms with Gasteiger partial charge in [0.1, 0.15) is 17.8 Å². The fourth-order valence-electron chi connectivity index (χ4n) is 3.83. The Morgan fingerprint density at radius 2 is 2.09 bits per heavy atom. The van der Waals surface area contributed by atoms with Crippen LogP contribution >= 0.6 is 0 Å². The van der Waals surface area contributed by atoms with Gasteiger partial charge >= 0.3 is 11.9 Å². The molecule has 2 fully saturated rings. The van der Waals surface area contributed by atoms with Gasteiger partial charge in [0.15, 0.2) is 0 Å². The summed E-state index contributed by atoms with van der Waals surface area (Å²) in [5.41, 5.74) is 0.278. The molecule has 124 valence electrons. The van der Waals surface area contributed by atoms with Crippen LogP contribution in [0.4, 0.5) is 0 Å². The molecule has 6 heteroatoms. The number of ether oxygens (including phenoxy) is 2. The van der Waals surface area contributed by atoms with Gasteiger partial charge < -0.3 is 14.6 Å². The molecule has 1 aromatic carbocycles. The molecule has 0 aromatic heterocycles. The summed E-state index contributed by atoms with van der Waals surface area (Å²) >= 11 is 0. The first kappa shape index (κ1) is 15.8. The minimum Gasteiger partial charge on any atom is -0.508 e. The van der Waals surface area contributed by atoms with Crippen LogP contribution in [-0.2, 0) is 14.3 Å². The number of aromatic hydroxyl groups is 1. The van der Waals surface area contributed by atoms with Crippen molar-refractivity contribution < 1.29 is 24.2 Å². The number of fused-ring (bicyclic) bond motifs is 2. The maximum absolute atomic E-state index is 12.3. The SMILES string of the molecule is COC(=O)[C@H]1[C@@H](OC(=O)c2cccc(O)c2)C[C@@H]2CC[C@H]1N2C. The van der Waals surface area contributed by atoms with Gasteiger partial charge in [0.25, 0.3) is 0 Å². The number of carbonyl (C=O) groups excluding carboxylic acids is 2. The maximum Gasteiger partial charge on any atom is 0.338 e. The van der Waals surface area contributed by atoms with Crippen molar-refractivity contribution in [3.05, 3.63) is 29.8 Å². The number of hydrogen-bond acceptors (Lipinski definition) is 6. The Bertz CT molecular complexity index is 617. The van der Waals surface area contributed by atoms with Crippen LogP contribution in [0, 0.1) is 5.92 Å². The number of phenols is 1. The Hall–Kier alpha value is -2.08. The van der Waals surface area contributed by atoms with Gasteiger partial charge in [0.05, 0.1) is 12.7 Å². The first-order valence-electron chi connectivity index (χ1n) is 7.81. The number of carbonyl (C=O) groups is 2. The van der Waals surface area contributed by atoms with E-state index < -0.39 is 18.0 Å². The monoisotopic (exact) mass is 319 g/mol. The highest BCUT2D eigenvalue weighted by molar-refractivity contribution is 5.90. The first-order valence-corrected chi connectivity index (χ1v) is 7.81. The van der Waals surface area contributed by atoms with E-state index in [9.17, 15) is 14.7 Å². The number of esters is 2. The van der Waals surface area contributed by atoms with E-state index in [4.69, 9.17) is 9.47 Å².